The van der Waals surface area contributed by atoms with Crippen molar-refractivity contribution in [2.45, 2.75) is 45.4 Å². The van der Waals surface area contributed by atoms with Crippen molar-refractivity contribution < 1.29 is 9.59 Å². The second kappa shape index (κ2) is 9.33. The molecule has 1 aromatic carbocycles. The molecule has 0 saturated carbocycles. The predicted molar refractivity (Wildman–Crippen MR) is 92.1 cm³/mol. The maximum Gasteiger partial charge on any atom is 0.242 e. The molecule has 1 saturated heterocycles. The molecule has 0 N–H and O–H groups in total. The smallest absolute Gasteiger partial charge is 0.242 e. The second-order valence-electron chi connectivity index (χ2n) is 6.32. The molecule has 1 aromatic rings. The maximum atomic E-state index is 12.4. The van der Waals surface area contributed by atoms with Crippen molar-refractivity contribution in [2.75, 3.05) is 26.2 Å². The van der Waals surface area contributed by atoms with Gasteiger partial charge in [-0.2, -0.15) is 0 Å². The van der Waals surface area contributed by atoms with Crippen molar-refractivity contribution in [3.8, 4) is 0 Å². The number of aryl methyl sites for hydroxylation is 1. The quantitative estimate of drug-likeness (QED) is 0.810. The first-order valence-electron chi connectivity index (χ1n) is 8.74. The Labute approximate surface area is 139 Å². The molecule has 0 radical (unpaired) electrons. The molecule has 4 heteroatoms. The van der Waals surface area contributed by atoms with Crippen LogP contribution in [-0.4, -0.2) is 47.8 Å². The molecule has 1 aliphatic heterocycles. The molecule has 0 unspecified atom stereocenters. The summed E-state index contributed by atoms with van der Waals surface area (Å²) in [5.74, 6) is 0.0862. The van der Waals surface area contributed by atoms with Crippen molar-refractivity contribution in [1.29, 1.82) is 0 Å². The standard InChI is InChI=1S/C19H28N2O2/c1-17(22)21(15-9-12-18-10-5-4-6-11-18)16-19(23)20-13-7-2-3-8-14-20/h4-6,10-11H,2-3,7-9,12-16H2,1H3. The normalized spacial score (nSPS) is 15.1. The Morgan fingerprint density at radius 1 is 1.04 bits per heavy atom. The second-order valence-corrected chi connectivity index (χ2v) is 6.32. The largest absolute Gasteiger partial charge is 0.341 e. The summed E-state index contributed by atoms with van der Waals surface area (Å²) in [6.45, 7) is 4.11. The zero-order valence-electron chi connectivity index (χ0n) is 14.2. The van der Waals surface area contributed by atoms with Crippen molar-refractivity contribution in [3.05, 3.63) is 35.9 Å². The third kappa shape index (κ3) is 6.05. The van der Waals surface area contributed by atoms with Gasteiger partial charge >= 0.3 is 0 Å². The summed E-state index contributed by atoms with van der Waals surface area (Å²) >= 11 is 0. The van der Waals surface area contributed by atoms with E-state index >= 15 is 0 Å². The summed E-state index contributed by atoms with van der Waals surface area (Å²) in [7, 11) is 0. The van der Waals surface area contributed by atoms with E-state index in [2.05, 4.69) is 12.1 Å². The molecule has 1 heterocycles. The molecule has 0 spiro atoms. The molecule has 1 fully saturated rings. The van der Waals surface area contributed by atoms with Gasteiger partial charge in [0.2, 0.25) is 11.8 Å². The minimum absolute atomic E-state index is 0.0127. The highest BCUT2D eigenvalue weighted by atomic mass is 16.2. The summed E-state index contributed by atoms with van der Waals surface area (Å²) in [6.07, 6.45) is 6.40. The first-order valence-corrected chi connectivity index (χ1v) is 8.74. The minimum Gasteiger partial charge on any atom is -0.341 e. The fourth-order valence-electron chi connectivity index (χ4n) is 3.05. The first kappa shape index (κ1) is 17.5. The number of hydrogen-bond acceptors (Lipinski definition) is 2. The van der Waals surface area contributed by atoms with E-state index in [1.807, 2.05) is 23.1 Å². The van der Waals surface area contributed by atoms with Gasteiger partial charge in [0, 0.05) is 26.6 Å². The molecular weight excluding hydrogens is 288 g/mol. The van der Waals surface area contributed by atoms with Crippen molar-refractivity contribution in [1.82, 2.24) is 9.80 Å². The average molecular weight is 316 g/mol. The Kier molecular flexibility index (Phi) is 7.11. The van der Waals surface area contributed by atoms with Gasteiger partial charge in [0.1, 0.15) is 0 Å². The van der Waals surface area contributed by atoms with Crippen LogP contribution in [0.25, 0.3) is 0 Å². The van der Waals surface area contributed by atoms with Crippen LogP contribution in [-0.2, 0) is 16.0 Å². The summed E-state index contributed by atoms with van der Waals surface area (Å²) in [5, 5.41) is 0. The molecule has 0 atom stereocenters. The molecule has 4 nitrogen and oxygen atoms in total. The zero-order valence-corrected chi connectivity index (χ0v) is 14.2. The van der Waals surface area contributed by atoms with Gasteiger partial charge in [0.25, 0.3) is 0 Å². The average Bonchev–Trinajstić information content (AvgIpc) is 2.84. The van der Waals surface area contributed by atoms with Gasteiger partial charge in [0.15, 0.2) is 0 Å². The highest BCUT2D eigenvalue weighted by molar-refractivity contribution is 5.83. The summed E-state index contributed by atoms with van der Waals surface area (Å²) in [6, 6.07) is 10.3. The van der Waals surface area contributed by atoms with Gasteiger partial charge < -0.3 is 9.80 Å². The van der Waals surface area contributed by atoms with Gasteiger partial charge in [-0.05, 0) is 31.2 Å². The predicted octanol–water partition coefficient (Wildman–Crippen LogP) is 2.87. The fourth-order valence-corrected chi connectivity index (χ4v) is 3.05. The lowest BCUT2D eigenvalue weighted by atomic mass is 10.1. The van der Waals surface area contributed by atoms with Gasteiger partial charge in [-0.25, -0.2) is 0 Å². The topological polar surface area (TPSA) is 40.6 Å². The number of amides is 2. The Hall–Kier alpha value is -1.84. The Morgan fingerprint density at radius 3 is 2.30 bits per heavy atom. The number of nitrogens with zero attached hydrogens (tertiary/aromatic N) is 2. The highest BCUT2D eigenvalue weighted by Crippen LogP contribution is 2.10. The van der Waals surface area contributed by atoms with E-state index in [1.165, 1.54) is 18.4 Å². The number of hydrogen-bond donors (Lipinski definition) is 0. The lowest BCUT2D eigenvalue weighted by Gasteiger charge is -2.26. The Morgan fingerprint density at radius 2 is 1.70 bits per heavy atom. The summed E-state index contributed by atoms with van der Waals surface area (Å²) in [5.41, 5.74) is 1.27. The van der Waals surface area contributed by atoms with Crippen LogP contribution in [0.2, 0.25) is 0 Å². The van der Waals surface area contributed by atoms with Gasteiger partial charge in [0.05, 0.1) is 6.54 Å². The van der Waals surface area contributed by atoms with Crippen LogP contribution in [0.1, 0.15) is 44.6 Å². The van der Waals surface area contributed by atoms with Gasteiger partial charge in [-0.15, -0.1) is 0 Å². The third-order valence-electron chi connectivity index (χ3n) is 4.47. The van der Waals surface area contributed by atoms with Gasteiger partial charge in [-0.3, -0.25) is 9.59 Å². The Balaban J connectivity index is 1.80. The van der Waals surface area contributed by atoms with Crippen molar-refractivity contribution >= 4 is 11.8 Å². The van der Waals surface area contributed by atoms with Crippen LogP contribution in [0.5, 0.6) is 0 Å². The molecule has 0 aliphatic carbocycles. The van der Waals surface area contributed by atoms with Crippen LogP contribution in [0.15, 0.2) is 30.3 Å². The van der Waals surface area contributed by atoms with E-state index in [0.717, 1.165) is 38.8 Å². The van der Waals surface area contributed by atoms with E-state index in [1.54, 1.807) is 11.8 Å². The van der Waals surface area contributed by atoms with E-state index in [0.29, 0.717) is 6.54 Å². The van der Waals surface area contributed by atoms with E-state index < -0.39 is 0 Å². The third-order valence-corrected chi connectivity index (χ3v) is 4.47. The Bertz CT molecular complexity index is 493. The fraction of sp³-hybridized carbons (Fsp3) is 0.579. The van der Waals surface area contributed by atoms with Crippen LogP contribution >= 0.6 is 0 Å². The van der Waals surface area contributed by atoms with Gasteiger partial charge in [-0.1, -0.05) is 43.2 Å². The summed E-state index contributed by atoms with van der Waals surface area (Å²) in [4.78, 5) is 27.9. The van der Waals surface area contributed by atoms with E-state index in [9.17, 15) is 9.59 Å². The molecule has 2 amide bonds. The number of carbonyl (C=O) groups is 2. The van der Waals surface area contributed by atoms with Crippen LogP contribution in [0.3, 0.4) is 0 Å². The number of carbonyl (C=O) groups excluding carboxylic acids is 2. The molecular formula is C19H28N2O2. The minimum atomic E-state index is -0.0127. The summed E-state index contributed by atoms with van der Waals surface area (Å²) < 4.78 is 0. The molecule has 0 bridgehead atoms. The maximum absolute atomic E-state index is 12.4. The van der Waals surface area contributed by atoms with Crippen LogP contribution < -0.4 is 0 Å². The molecule has 2 rings (SSSR count). The molecule has 1 aliphatic rings. The highest BCUT2D eigenvalue weighted by Gasteiger charge is 2.19. The SMILES string of the molecule is CC(=O)N(CCCc1ccccc1)CC(=O)N1CCCCCC1. The molecule has 126 valence electrons. The van der Waals surface area contributed by atoms with Crippen LogP contribution in [0, 0.1) is 0 Å². The monoisotopic (exact) mass is 316 g/mol. The lowest BCUT2D eigenvalue weighted by Crippen LogP contribution is -2.43. The van der Waals surface area contributed by atoms with Crippen molar-refractivity contribution in [2.24, 2.45) is 0 Å². The first-order chi connectivity index (χ1) is 11.2. The number of likely N-dealkylation sites (tertiary alicyclic amines) is 1. The number of benzene rings is 1. The lowest BCUT2D eigenvalue weighted by molar-refractivity contribution is -0.139. The molecule has 0 aromatic heterocycles. The van der Waals surface area contributed by atoms with E-state index in [4.69, 9.17) is 0 Å². The van der Waals surface area contributed by atoms with Crippen LogP contribution in [0.4, 0.5) is 0 Å². The number of rotatable bonds is 6. The zero-order chi connectivity index (χ0) is 16.5. The van der Waals surface area contributed by atoms with E-state index in [-0.39, 0.29) is 18.4 Å². The van der Waals surface area contributed by atoms with Crippen molar-refractivity contribution in [3.63, 3.8) is 0 Å². The molecule has 23 heavy (non-hydrogen) atoms.